The van der Waals surface area contributed by atoms with Crippen molar-refractivity contribution >= 4 is 5.97 Å². The number of hydrogen-bond acceptors (Lipinski definition) is 4. The second kappa shape index (κ2) is 5.09. The molecule has 0 fully saturated rings. The van der Waals surface area contributed by atoms with Crippen molar-refractivity contribution in [1.29, 1.82) is 0 Å². The molecule has 19 heavy (non-hydrogen) atoms. The molecule has 0 unspecified atom stereocenters. The van der Waals surface area contributed by atoms with Crippen molar-refractivity contribution in [2.24, 2.45) is 7.05 Å². The van der Waals surface area contributed by atoms with E-state index in [0.717, 1.165) is 11.4 Å². The van der Waals surface area contributed by atoms with Gasteiger partial charge in [0.1, 0.15) is 6.61 Å². The molecule has 2 aromatic rings. The fraction of sp³-hybridized carbons (Fsp3) is 0.308. The molecular formula is C13H15N3O3. The van der Waals surface area contributed by atoms with E-state index in [0.29, 0.717) is 5.69 Å². The lowest BCUT2D eigenvalue weighted by Gasteiger charge is -2.09. The smallest absolute Gasteiger partial charge is 0.358 e. The maximum atomic E-state index is 11.1. The van der Waals surface area contributed by atoms with E-state index in [1.165, 1.54) is 0 Å². The van der Waals surface area contributed by atoms with Crippen molar-refractivity contribution in [2.45, 2.75) is 20.5 Å². The number of nitrogens with zero attached hydrogens (tertiary/aromatic N) is 3. The standard InChI is InChI=1S/C13H15N3O3/c1-8-4-5-11(12(14-8)13(17)18)19-7-10-6-9(2)15-16(10)3/h4-6H,7H2,1-3H3,(H,17,18). The van der Waals surface area contributed by atoms with Crippen molar-refractivity contribution in [2.75, 3.05) is 0 Å². The van der Waals surface area contributed by atoms with Crippen LogP contribution >= 0.6 is 0 Å². The highest BCUT2D eigenvalue weighted by atomic mass is 16.5. The Balaban J connectivity index is 2.20. The number of carboxylic acid groups (broad SMARTS) is 1. The molecule has 0 amide bonds. The maximum absolute atomic E-state index is 11.1. The highest BCUT2D eigenvalue weighted by molar-refractivity contribution is 5.88. The van der Waals surface area contributed by atoms with Gasteiger partial charge in [-0.2, -0.15) is 5.10 Å². The molecule has 0 atom stereocenters. The van der Waals surface area contributed by atoms with E-state index in [9.17, 15) is 4.79 Å². The molecule has 0 aliphatic carbocycles. The van der Waals surface area contributed by atoms with Gasteiger partial charge in [-0.05, 0) is 32.0 Å². The lowest BCUT2D eigenvalue weighted by atomic mass is 10.3. The quantitative estimate of drug-likeness (QED) is 0.906. The predicted octanol–water partition coefficient (Wildman–Crippen LogP) is 1.71. The molecule has 0 bridgehead atoms. The van der Waals surface area contributed by atoms with Crippen LogP contribution in [0.15, 0.2) is 18.2 Å². The van der Waals surface area contributed by atoms with Gasteiger partial charge in [-0.3, -0.25) is 4.68 Å². The second-order valence-electron chi connectivity index (χ2n) is 4.29. The van der Waals surface area contributed by atoms with Crippen LogP contribution in [0.1, 0.15) is 27.6 Å². The van der Waals surface area contributed by atoms with Gasteiger partial charge in [-0.1, -0.05) is 0 Å². The van der Waals surface area contributed by atoms with Crippen LogP contribution in [0.4, 0.5) is 0 Å². The van der Waals surface area contributed by atoms with E-state index in [1.54, 1.807) is 23.7 Å². The molecule has 0 aliphatic rings. The van der Waals surface area contributed by atoms with Gasteiger partial charge in [0.05, 0.1) is 11.4 Å². The summed E-state index contributed by atoms with van der Waals surface area (Å²) in [7, 11) is 1.82. The summed E-state index contributed by atoms with van der Waals surface area (Å²) in [5.41, 5.74) is 2.33. The molecular weight excluding hydrogens is 246 g/mol. The van der Waals surface area contributed by atoms with E-state index in [2.05, 4.69) is 10.1 Å². The van der Waals surface area contributed by atoms with Gasteiger partial charge in [0.15, 0.2) is 11.4 Å². The van der Waals surface area contributed by atoms with Crippen molar-refractivity contribution in [3.05, 3.63) is 41.0 Å². The molecule has 6 nitrogen and oxygen atoms in total. The Bertz CT molecular complexity index is 620. The lowest BCUT2D eigenvalue weighted by Crippen LogP contribution is -2.08. The van der Waals surface area contributed by atoms with Crippen LogP contribution in [0.25, 0.3) is 0 Å². The molecule has 2 heterocycles. The predicted molar refractivity (Wildman–Crippen MR) is 68.2 cm³/mol. The van der Waals surface area contributed by atoms with Crippen molar-refractivity contribution in [1.82, 2.24) is 14.8 Å². The summed E-state index contributed by atoms with van der Waals surface area (Å²) in [6.45, 7) is 3.88. The number of rotatable bonds is 4. The first-order chi connectivity index (χ1) is 8.97. The first-order valence-corrected chi connectivity index (χ1v) is 5.80. The second-order valence-corrected chi connectivity index (χ2v) is 4.29. The summed E-state index contributed by atoms with van der Waals surface area (Å²) in [5.74, 6) is -0.836. The normalized spacial score (nSPS) is 10.5. The van der Waals surface area contributed by atoms with Crippen molar-refractivity contribution in [3.63, 3.8) is 0 Å². The van der Waals surface area contributed by atoms with Gasteiger partial charge in [-0.15, -0.1) is 0 Å². The molecule has 2 aromatic heterocycles. The zero-order valence-electron chi connectivity index (χ0n) is 11.0. The summed E-state index contributed by atoms with van der Waals surface area (Å²) in [6.07, 6.45) is 0. The number of aryl methyl sites for hydroxylation is 3. The summed E-state index contributed by atoms with van der Waals surface area (Å²) in [6, 6.07) is 5.23. The lowest BCUT2D eigenvalue weighted by molar-refractivity contribution is 0.0684. The van der Waals surface area contributed by atoms with Crippen molar-refractivity contribution < 1.29 is 14.6 Å². The van der Waals surface area contributed by atoms with E-state index in [1.807, 2.05) is 20.0 Å². The molecule has 2 rings (SSSR count). The molecule has 1 N–H and O–H groups in total. The molecule has 0 aliphatic heterocycles. The number of aromatic carboxylic acids is 1. The number of aromatic nitrogens is 3. The average molecular weight is 261 g/mol. The molecule has 0 spiro atoms. The first kappa shape index (κ1) is 13.1. The van der Waals surface area contributed by atoms with Gasteiger partial charge in [-0.25, -0.2) is 9.78 Å². The Morgan fingerprint density at radius 2 is 2.11 bits per heavy atom. The van der Waals surface area contributed by atoms with Crippen LogP contribution < -0.4 is 4.74 Å². The number of hydrogen-bond donors (Lipinski definition) is 1. The first-order valence-electron chi connectivity index (χ1n) is 5.80. The maximum Gasteiger partial charge on any atom is 0.358 e. The molecule has 0 radical (unpaired) electrons. The average Bonchev–Trinajstić information content (AvgIpc) is 2.66. The van der Waals surface area contributed by atoms with Crippen LogP contribution in [-0.4, -0.2) is 25.8 Å². The van der Waals surface area contributed by atoms with Crippen LogP contribution in [0.3, 0.4) is 0 Å². The molecule has 6 heteroatoms. The third kappa shape index (κ3) is 2.90. The van der Waals surface area contributed by atoms with E-state index in [4.69, 9.17) is 9.84 Å². The van der Waals surface area contributed by atoms with Gasteiger partial charge in [0, 0.05) is 12.7 Å². The molecule has 0 saturated heterocycles. The Kier molecular flexibility index (Phi) is 3.50. The van der Waals surface area contributed by atoms with Crippen molar-refractivity contribution in [3.8, 4) is 5.75 Å². The zero-order valence-corrected chi connectivity index (χ0v) is 11.0. The minimum absolute atomic E-state index is 0.0705. The van der Waals surface area contributed by atoms with E-state index in [-0.39, 0.29) is 18.1 Å². The van der Waals surface area contributed by atoms with Gasteiger partial charge in [0.2, 0.25) is 0 Å². The zero-order chi connectivity index (χ0) is 14.0. The van der Waals surface area contributed by atoms with E-state index >= 15 is 0 Å². The minimum atomic E-state index is -1.10. The van der Waals surface area contributed by atoms with Crippen LogP contribution in [-0.2, 0) is 13.7 Å². The highest BCUT2D eigenvalue weighted by Gasteiger charge is 2.14. The summed E-state index contributed by atoms with van der Waals surface area (Å²) >= 11 is 0. The van der Waals surface area contributed by atoms with Crippen LogP contribution in [0.2, 0.25) is 0 Å². The number of carboxylic acids is 1. The minimum Gasteiger partial charge on any atom is -0.485 e. The summed E-state index contributed by atoms with van der Waals surface area (Å²) in [4.78, 5) is 15.1. The molecule has 100 valence electrons. The Morgan fingerprint density at radius 3 is 2.68 bits per heavy atom. The Morgan fingerprint density at radius 1 is 1.37 bits per heavy atom. The third-order valence-corrected chi connectivity index (χ3v) is 2.67. The number of carbonyl (C=O) groups is 1. The highest BCUT2D eigenvalue weighted by Crippen LogP contribution is 2.18. The monoisotopic (exact) mass is 261 g/mol. The van der Waals surface area contributed by atoms with Gasteiger partial charge >= 0.3 is 5.97 Å². The fourth-order valence-corrected chi connectivity index (χ4v) is 1.76. The largest absolute Gasteiger partial charge is 0.485 e. The van der Waals surface area contributed by atoms with Gasteiger partial charge in [0.25, 0.3) is 0 Å². The van der Waals surface area contributed by atoms with Crippen LogP contribution in [0.5, 0.6) is 5.75 Å². The fourth-order valence-electron chi connectivity index (χ4n) is 1.76. The molecule has 0 aromatic carbocycles. The Hall–Kier alpha value is -2.37. The summed E-state index contributed by atoms with van der Waals surface area (Å²) in [5, 5.41) is 13.3. The number of ether oxygens (including phenoxy) is 1. The summed E-state index contributed by atoms with van der Waals surface area (Å²) < 4.78 is 7.24. The third-order valence-electron chi connectivity index (χ3n) is 2.67. The molecule has 0 saturated carbocycles. The van der Waals surface area contributed by atoms with Gasteiger partial charge < -0.3 is 9.84 Å². The van der Waals surface area contributed by atoms with E-state index < -0.39 is 5.97 Å². The number of pyridine rings is 1. The van der Waals surface area contributed by atoms with Crippen LogP contribution in [0, 0.1) is 13.8 Å². The SMILES string of the molecule is Cc1ccc(OCc2cc(C)nn2C)c(C(=O)O)n1. The Labute approximate surface area is 110 Å². The topological polar surface area (TPSA) is 77.2 Å².